The van der Waals surface area contributed by atoms with Crippen molar-refractivity contribution in [3.05, 3.63) is 100 Å². The second-order valence-electron chi connectivity index (χ2n) is 7.90. The first-order chi connectivity index (χ1) is 14.9. The molecule has 0 amide bonds. The highest BCUT2D eigenvalue weighted by atomic mass is 16.3. The van der Waals surface area contributed by atoms with Gasteiger partial charge in [0.2, 0.25) is 5.95 Å². The number of hydrogen-bond donors (Lipinski definition) is 2. The summed E-state index contributed by atoms with van der Waals surface area (Å²) in [4.78, 5) is 24.2. The van der Waals surface area contributed by atoms with E-state index in [0.29, 0.717) is 25.5 Å². The molecule has 0 aliphatic heterocycles. The van der Waals surface area contributed by atoms with E-state index in [1.165, 1.54) is 0 Å². The van der Waals surface area contributed by atoms with Crippen molar-refractivity contribution in [2.75, 3.05) is 32.1 Å². The number of anilines is 1. The molecule has 3 rings (SSSR count). The van der Waals surface area contributed by atoms with Crippen molar-refractivity contribution in [2.45, 2.75) is 18.9 Å². The van der Waals surface area contributed by atoms with E-state index in [1.807, 2.05) is 67.5 Å². The van der Waals surface area contributed by atoms with E-state index in [2.05, 4.69) is 16.5 Å². The number of aromatic amines is 1. The van der Waals surface area contributed by atoms with Gasteiger partial charge in [0.1, 0.15) is 5.75 Å². The lowest BCUT2D eigenvalue weighted by Gasteiger charge is -2.31. The van der Waals surface area contributed by atoms with Crippen LogP contribution in [0, 0.1) is 0 Å². The molecule has 0 unspecified atom stereocenters. The molecular weight excluding hydrogens is 388 g/mol. The van der Waals surface area contributed by atoms with Crippen LogP contribution >= 0.6 is 0 Å². The first-order valence-corrected chi connectivity index (χ1v) is 10.4. The Balaban J connectivity index is 1.83. The summed E-state index contributed by atoms with van der Waals surface area (Å²) >= 11 is 0. The molecule has 2 N–H and O–H groups in total. The van der Waals surface area contributed by atoms with Crippen molar-refractivity contribution in [2.24, 2.45) is 0 Å². The third-order valence-electron chi connectivity index (χ3n) is 5.23. The van der Waals surface area contributed by atoms with Crippen LogP contribution in [0.3, 0.4) is 0 Å². The van der Waals surface area contributed by atoms with Gasteiger partial charge in [0.05, 0.1) is 5.69 Å². The van der Waals surface area contributed by atoms with E-state index >= 15 is 0 Å². The zero-order chi connectivity index (χ0) is 22.2. The van der Waals surface area contributed by atoms with Crippen LogP contribution in [0.1, 0.15) is 16.8 Å². The lowest BCUT2D eigenvalue weighted by Crippen LogP contribution is -2.43. The first kappa shape index (κ1) is 22.3. The summed E-state index contributed by atoms with van der Waals surface area (Å²) < 4.78 is 0. The van der Waals surface area contributed by atoms with Crippen molar-refractivity contribution in [1.29, 1.82) is 0 Å². The van der Waals surface area contributed by atoms with E-state index in [1.54, 1.807) is 18.2 Å². The number of aromatic hydroxyl groups is 1. The van der Waals surface area contributed by atoms with E-state index in [0.717, 1.165) is 23.2 Å². The second kappa shape index (κ2) is 10.6. The van der Waals surface area contributed by atoms with Crippen LogP contribution in [0.15, 0.2) is 78.1 Å². The van der Waals surface area contributed by atoms with Gasteiger partial charge in [-0.3, -0.25) is 9.78 Å². The summed E-state index contributed by atoms with van der Waals surface area (Å²) in [5.74, 6) is 0.811. The van der Waals surface area contributed by atoms with Crippen molar-refractivity contribution in [3.8, 4) is 5.75 Å². The topological polar surface area (TPSA) is 72.5 Å². The molecular formula is C25H30N4O2. The van der Waals surface area contributed by atoms with Gasteiger partial charge < -0.3 is 14.9 Å². The Morgan fingerprint density at radius 2 is 1.81 bits per heavy atom. The lowest BCUT2D eigenvalue weighted by molar-refractivity contribution is 0.293. The van der Waals surface area contributed by atoms with Gasteiger partial charge in [-0.15, -0.1) is 6.58 Å². The Labute approximate surface area is 183 Å². The van der Waals surface area contributed by atoms with Gasteiger partial charge in [-0.25, -0.2) is 4.98 Å². The lowest BCUT2D eigenvalue weighted by atomic mass is 10.0. The number of phenolic OH excluding ortho intramolecular Hbond substituents is 1. The molecule has 6 nitrogen and oxygen atoms in total. The van der Waals surface area contributed by atoms with Gasteiger partial charge in [-0.2, -0.15) is 0 Å². The van der Waals surface area contributed by atoms with Crippen LogP contribution in [-0.4, -0.2) is 53.2 Å². The summed E-state index contributed by atoms with van der Waals surface area (Å²) in [5, 5.41) is 9.55. The Bertz CT molecular complexity index is 1030. The summed E-state index contributed by atoms with van der Waals surface area (Å²) in [6.07, 6.45) is 3.22. The Hall–Kier alpha value is -3.38. The monoisotopic (exact) mass is 418 g/mol. The van der Waals surface area contributed by atoms with Gasteiger partial charge >= 0.3 is 0 Å². The predicted octanol–water partition coefficient (Wildman–Crippen LogP) is 3.23. The number of aromatic nitrogens is 2. The normalized spacial score (nSPS) is 12.0. The highest BCUT2D eigenvalue weighted by molar-refractivity contribution is 5.34. The minimum Gasteiger partial charge on any atom is -0.508 e. The van der Waals surface area contributed by atoms with Crippen molar-refractivity contribution in [1.82, 2.24) is 14.9 Å². The van der Waals surface area contributed by atoms with Crippen LogP contribution in [0.4, 0.5) is 5.95 Å². The molecule has 0 aliphatic carbocycles. The predicted molar refractivity (Wildman–Crippen MR) is 126 cm³/mol. The molecule has 162 valence electrons. The molecule has 0 bridgehead atoms. The molecule has 0 saturated carbocycles. The highest BCUT2D eigenvalue weighted by Gasteiger charge is 2.19. The Morgan fingerprint density at radius 1 is 1.10 bits per heavy atom. The molecule has 0 saturated heterocycles. The summed E-state index contributed by atoms with van der Waals surface area (Å²) in [6, 6.07) is 19.0. The number of rotatable bonds is 10. The molecule has 1 aromatic heterocycles. The van der Waals surface area contributed by atoms with E-state index in [-0.39, 0.29) is 17.4 Å². The fourth-order valence-corrected chi connectivity index (χ4v) is 3.51. The number of benzene rings is 2. The van der Waals surface area contributed by atoms with Gasteiger partial charge in [-0.05, 0) is 43.8 Å². The molecule has 0 spiro atoms. The molecule has 0 aliphatic rings. The maximum atomic E-state index is 12.4. The number of nitrogens with one attached hydrogen (secondary N) is 1. The number of hydrogen-bond acceptors (Lipinski definition) is 5. The van der Waals surface area contributed by atoms with Crippen LogP contribution in [0.25, 0.3) is 0 Å². The maximum absolute atomic E-state index is 12.4. The minimum atomic E-state index is -0.162. The van der Waals surface area contributed by atoms with Crippen LogP contribution in [-0.2, 0) is 12.8 Å². The number of H-pyrrole nitrogens is 1. The van der Waals surface area contributed by atoms with E-state index < -0.39 is 0 Å². The first-order valence-electron chi connectivity index (χ1n) is 10.4. The molecule has 6 heteroatoms. The smallest absolute Gasteiger partial charge is 0.252 e. The summed E-state index contributed by atoms with van der Waals surface area (Å²) in [7, 11) is 4.08. The largest absolute Gasteiger partial charge is 0.508 e. The molecule has 1 heterocycles. The number of phenols is 1. The number of likely N-dealkylation sites (N-methyl/N-ethyl adjacent to an activating group) is 1. The third kappa shape index (κ3) is 6.55. The molecule has 3 aromatic rings. The van der Waals surface area contributed by atoms with Gasteiger partial charge in [-0.1, -0.05) is 48.5 Å². The summed E-state index contributed by atoms with van der Waals surface area (Å²) in [6.45, 7) is 5.11. The van der Waals surface area contributed by atoms with Crippen LogP contribution in [0.2, 0.25) is 0 Å². The average Bonchev–Trinajstić information content (AvgIpc) is 2.74. The third-order valence-corrected chi connectivity index (χ3v) is 5.23. The van der Waals surface area contributed by atoms with Gasteiger partial charge in [0.15, 0.2) is 0 Å². The average molecular weight is 419 g/mol. The number of nitrogens with zero attached hydrogens (tertiary/aromatic N) is 3. The molecule has 1 atom stereocenters. The Kier molecular flexibility index (Phi) is 7.62. The fraction of sp³-hybridized carbons (Fsp3) is 0.280. The van der Waals surface area contributed by atoms with Crippen LogP contribution in [0.5, 0.6) is 5.75 Å². The molecule has 2 aromatic carbocycles. The Morgan fingerprint density at radius 3 is 2.45 bits per heavy atom. The standard InChI is InChI=1S/C25H30N4O2/c1-4-14-29(18-22(28(2)3)16-20-10-12-23(30)13-11-20)25-26-21(17-24(31)27-25)15-19-8-6-5-7-9-19/h4-13,17,22,30H,1,14-16,18H2,2-3H3,(H,26,27,31)/t22-/m1/s1. The van der Waals surface area contributed by atoms with E-state index in [4.69, 9.17) is 4.98 Å². The molecule has 0 fully saturated rings. The molecule has 0 radical (unpaired) electrons. The zero-order valence-corrected chi connectivity index (χ0v) is 18.2. The quantitative estimate of drug-likeness (QED) is 0.495. The van der Waals surface area contributed by atoms with E-state index in [9.17, 15) is 9.90 Å². The zero-order valence-electron chi connectivity index (χ0n) is 18.2. The second-order valence-corrected chi connectivity index (χ2v) is 7.90. The molecule has 31 heavy (non-hydrogen) atoms. The van der Waals surface area contributed by atoms with Crippen molar-refractivity contribution >= 4 is 5.95 Å². The highest BCUT2D eigenvalue weighted by Crippen LogP contribution is 2.16. The minimum absolute atomic E-state index is 0.162. The van der Waals surface area contributed by atoms with Crippen molar-refractivity contribution < 1.29 is 5.11 Å². The SMILES string of the molecule is C=CCN(C[C@@H](Cc1ccc(O)cc1)N(C)C)c1nc(Cc2ccccc2)cc(=O)[nH]1. The van der Waals surface area contributed by atoms with Crippen molar-refractivity contribution in [3.63, 3.8) is 0 Å². The maximum Gasteiger partial charge on any atom is 0.252 e. The summed E-state index contributed by atoms with van der Waals surface area (Å²) in [5.41, 5.74) is 2.82. The fourth-order valence-electron chi connectivity index (χ4n) is 3.51. The van der Waals surface area contributed by atoms with Gasteiger partial charge in [0.25, 0.3) is 5.56 Å². The van der Waals surface area contributed by atoms with Crippen LogP contribution < -0.4 is 10.5 Å². The van der Waals surface area contributed by atoms with Gasteiger partial charge in [0, 0.05) is 31.6 Å².